The minimum Gasteiger partial charge on any atom is -0.341 e. The van der Waals surface area contributed by atoms with E-state index in [9.17, 15) is 4.79 Å². The first kappa shape index (κ1) is 19.3. The molecule has 1 fully saturated rings. The van der Waals surface area contributed by atoms with Crippen molar-refractivity contribution in [2.24, 2.45) is 11.7 Å². The van der Waals surface area contributed by atoms with E-state index in [1.807, 2.05) is 4.90 Å². The molecule has 0 aliphatic carbocycles. The summed E-state index contributed by atoms with van der Waals surface area (Å²) in [7, 11) is 4.19. The van der Waals surface area contributed by atoms with E-state index in [-0.39, 0.29) is 36.8 Å². The Bertz CT molecular complexity index is 217. The molecule has 0 radical (unpaired) electrons. The van der Waals surface area contributed by atoms with Gasteiger partial charge in [0.15, 0.2) is 0 Å². The number of rotatable bonds is 3. The summed E-state index contributed by atoms with van der Waals surface area (Å²) in [4.78, 5) is 15.7. The lowest BCUT2D eigenvalue weighted by atomic mass is 9.96. The maximum atomic E-state index is 11.6. The van der Waals surface area contributed by atoms with E-state index in [1.54, 1.807) is 6.92 Å². The molecule has 4 nitrogen and oxygen atoms in total. The van der Waals surface area contributed by atoms with E-state index in [1.165, 1.54) is 0 Å². The van der Waals surface area contributed by atoms with Crippen LogP contribution in [0.4, 0.5) is 0 Å². The Balaban J connectivity index is 0. The molecule has 1 rings (SSSR count). The van der Waals surface area contributed by atoms with Gasteiger partial charge in [-0.15, -0.1) is 24.8 Å². The van der Waals surface area contributed by atoms with Crippen molar-refractivity contribution in [3.8, 4) is 0 Å². The summed E-state index contributed by atoms with van der Waals surface area (Å²) < 4.78 is 0. The van der Waals surface area contributed by atoms with Gasteiger partial charge in [-0.25, -0.2) is 0 Å². The largest absolute Gasteiger partial charge is 0.341 e. The Morgan fingerprint density at radius 1 is 1.35 bits per heavy atom. The van der Waals surface area contributed by atoms with Crippen molar-refractivity contribution >= 4 is 30.7 Å². The number of carbonyl (C=O) groups is 1. The number of amides is 1. The van der Waals surface area contributed by atoms with Crippen LogP contribution in [0.2, 0.25) is 0 Å². The fraction of sp³-hybridized carbons (Fsp3) is 0.909. The number of nitrogens with zero attached hydrogens (tertiary/aromatic N) is 2. The lowest BCUT2D eigenvalue weighted by Crippen LogP contribution is -2.46. The predicted molar refractivity (Wildman–Crippen MR) is 76.0 cm³/mol. The van der Waals surface area contributed by atoms with Crippen LogP contribution in [0.25, 0.3) is 0 Å². The zero-order chi connectivity index (χ0) is 11.4. The van der Waals surface area contributed by atoms with Crippen molar-refractivity contribution in [1.82, 2.24) is 9.80 Å². The number of hydrogen-bond donors (Lipinski definition) is 1. The first-order chi connectivity index (χ1) is 7.00. The molecule has 6 heteroatoms. The van der Waals surface area contributed by atoms with E-state index >= 15 is 0 Å². The number of carbonyl (C=O) groups excluding carboxylic acids is 1. The summed E-state index contributed by atoms with van der Waals surface area (Å²) >= 11 is 0. The van der Waals surface area contributed by atoms with Crippen LogP contribution >= 0.6 is 24.8 Å². The van der Waals surface area contributed by atoms with E-state index in [0.717, 1.165) is 38.4 Å². The molecule has 1 saturated heterocycles. The Kier molecular flexibility index (Phi) is 10.2. The number of halogens is 2. The topological polar surface area (TPSA) is 49.6 Å². The van der Waals surface area contributed by atoms with Gasteiger partial charge < -0.3 is 15.5 Å². The molecular formula is C11H25Cl2N3O. The second-order valence-corrected chi connectivity index (χ2v) is 4.82. The second kappa shape index (κ2) is 8.97. The van der Waals surface area contributed by atoms with E-state index < -0.39 is 0 Å². The zero-order valence-corrected chi connectivity index (χ0v) is 12.5. The summed E-state index contributed by atoms with van der Waals surface area (Å²) in [6, 6.07) is -0.351. The van der Waals surface area contributed by atoms with Gasteiger partial charge >= 0.3 is 0 Å². The SMILES string of the molecule is CC(N)C(=O)N1CCC(CN(C)C)CC1.Cl.Cl. The normalized spacial score (nSPS) is 18.3. The van der Waals surface area contributed by atoms with Crippen molar-refractivity contribution in [2.45, 2.75) is 25.8 Å². The standard InChI is InChI=1S/C11H23N3O.2ClH/c1-9(12)11(15)14-6-4-10(5-7-14)8-13(2)3;;/h9-10H,4-8,12H2,1-3H3;2*1H. The summed E-state index contributed by atoms with van der Waals surface area (Å²) in [6.45, 7) is 4.63. The van der Waals surface area contributed by atoms with Gasteiger partial charge in [0, 0.05) is 19.6 Å². The van der Waals surface area contributed by atoms with Crippen LogP contribution in [0.1, 0.15) is 19.8 Å². The first-order valence-electron chi connectivity index (χ1n) is 5.69. The highest BCUT2D eigenvalue weighted by Crippen LogP contribution is 2.17. The molecule has 0 aromatic heterocycles. The van der Waals surface area contributed by atoms with Gasteiger partial charge in [-0.2, -0.15) is 0 Å². The maximum Gasteiger partial charge on any atom is 0.239 e. The highest BCUT2D eigenvalue weighted by Gasteiger charge is 2.24. The fourth-order valence-electron chi connectivity index (χ4n) is 2.14. The van der Waals surface area contributed by atoms with Crippen LogP contribution in [0.5, 0.6) is 0 Å². The average Bonchev–Trinajstić information content (AvgIpc) is 2.17. The van der Waals surface area contributed by atoms with Crippen molar-refractivity contribution in [3.05, 3.63) is 0 Å². The third-order valence-corrected chi connectivity index (χ3v) is 2.94. The summed E-state index contributed by atoms with van der Waals surface area (Å²) in [5, 5.41) is 0. The van der Waals surface area contributed by atoms with Crippen LogP contribution in [-0.2, 0) is 4.79 Å². The Morgan fingerprint density at radius 2 is 1.82 bits per heavy atom. The average molecular weight is 286 g/mol. The third kappa shape index (κ3) is 6.46. The minimum absolute atomic E-state index is 0. The maximum absolute atomic E-state index is 11.6. The second-order valence-electron chi connectivity index (χ2n) is 4.82. The molecule has 1 heterocycles. The monoisotopic (exact) mass is 285 g/mol. The quantitative estimate of drug-likeness (QED) is 0.841. The smallest absolute Gasteiger partial charge is 0.239 e. The minimum atomic E-state index is -0.351. The van der Waals surface area contributed by atoms with Crippen molar-refractivity contribution < 1.29 is 4.79 Å². The predicted octanol–water partition coefficient (Wildman–Crippen LogP) is 0.977. The molecule has 0 bridgehead atoms. The first-order valence-corrected chi connectivity index (χ1v) is 5.69. The Labute approximate surface area is 117 Å². The molecule has 0 aromatic rings. The molecule has 1 aliphatic rings. The Hall–Kier alpha value is -0.0300. The van der Waals surface area contributed by atoms with Crippen molar-refractivity contribution in [1.29, 1.82) is 0 Å². The highest BCUT2D eigenvalue weighted by atomic mass is 35.5. The summed E-state index contributed by atoms with van der Waals surface area (Å²) in [5.41, 5.74) is 5.58. The molecule has 1 aliphatic heterocycles. The van der Waals surface area contributed by atoms with Crippen LogP contribution < -0.4 is 5.73 Å². The van der Waals surface area contributed by atoms with Gasteiger partial charge in [-0.1, -0.05) is 0 Å². The van der Waals surface area contributed by atoms with Gasteiger partial charge in [0.2, 0.25) is 5.91 Å². The molecule has 17 heavy (non-hydrogen) atoms. The van der Waals surface area contributed by atoms with Crippen molar-refractivity contribution in [2.75, 3.05) is 33.7 Å². The molecular weight excluding hydrogens is 261 g/mol. The lowest BCUT2D eigenvalue weighted by molar-refractivity contribution is -0.133. The number of piperidine rings is 1. The van der Waals surface area contributed by atoms with E-state index in [4.69, 9.17) is 5.73 Å². The number of likely N-dealkylation sites (tertiary alicyclic amines) is 1. The van der Waals surface area contributed by atoms with Gasteiger partial charge in [0.1, 0.15) is 0 Å². The van der Waals surface area contributed by atoms with Gasteiger partial charge in [0.25, 0.3) is 0 Å². The van der Waals surface area contributed by atoms with Crippen molar-refractivity contribution in [3.63, 3.8) is 0 Å². The molecule has 1 atom stereocenters. The zero-order valence-electron chi connectivity index (χ0n) is 10.9. The molecule has 1 amide bonds. The molecule has 104 valence electrons. The molecule has 2 N–H and O–H groups in total. The third-order valence-electron chi connectivity index (χ3n) is 2.94. The van der Waals surface area contributed by atoms with E-state index in [2.05, 4.69) is 19.0 Å². The van der Waals surface area contributed by atoms with Gasteiger partial charge in [0.05, 0.1) is 6.04 Å². The Morgan fingerprint density at radius 3 is 2.18 bits per heavy atom. The number of hydrogen-bond acceptors (Lipinski definition) is 3. The summed E-state index contributed by atoms with van der Waals surface area (Å²) in [6.07, 6.45) is 2.22. The number of nitrogens with two attached hydrogens (primary N) is 1. The molecule has 0 aromatic carbocycles. The van der Waals surface area contributed by atoms with Gasteiger partial charge in [-0.3, -0.25) is 4.79 Å². The lowest BCUT2D eigenvalue weighted by Gasteiger charge is -2.34. The molecule has 0 saturated carbocycles. The molecule has 0 spiro atoms. The van der Waals surface area contributed by atoms with Crippen LogP contribution in [0, 0.1) is 5.92 Å². The van der Waals surface area contributed by atoms with Gasteiger partial charge in [-0.05, 0) is 39.8 Å². The van der Waals surface area contributed by atoms with Crippen LogP contribution in [0.15, 0.2) is 0 Å². The summed E-state index contributed by atoms with van der Waals surface area (Å²) in [5.74, 6) is 0.829. The van der Waals surface area contributed by atoms with Crippen LogP contribution in [-0.4, -0.2) is 55.5 Å². The fourth-order valence-corrected chi connectivity index (χ4v) is 2.14. The van der Waals surface area contributed by atoms with E-state index in [0.29, 0.717) is 0 Å². The molecule has 1 unspecified atom stereocenters. The highest BCUT2D eigenvalue weighted by molar-refractivity contribution is 5.85. The van der Waals surface area contributed by atoms with Crippen LogP contribution in [0.3, 0.4) is 0 Å².